The van der Waals surface area contributed by atoms with Crippen LogP contribution in [-0.4, -0.2) is 28.4 Å². The molecule has 1 aliphatic heterocycles. The highest BCUT2D eigenvalue weighted by atomic mass is 32.1. The highest BCUT2D eigenvalue weighted by Gasteiger charge is 2.24. The van der Waals surface area contributed by atoms with E-state index in [0.29, 0.717) is 6.04 Å². The fourth-order valence-corrected chi connectivity index (χ4v) is 3.57. The maximum Gasteiger partial charge on any atom is 0.254 e. The lowest BCUT2D eigenvalue weighted by Crippen LogP contribution is -2.35. The molecule has 2 aliphatic rings. The number of fused-ring (bicyclic) bond motifs is 1. The first-order chi connectivity index (χ1) is 10.3. The number of nitrogens with one attached hydrogen (secondary N) is 1. The predicted octanol–water partition coefficient (Wildman–Crippen LogP) is 2.92. The van der Waals surface area contributed by atoms with Crippen LogP contribution in [0.4, 0.5) is 5.82 Å². The lowest BCUT2D eigenvalue weighted by atomic mass is 10.1. The van der Waals surface area contributed by atoms with Crippen molar-refractivity contribution in [3.8, 4) is 0 Å². The van der Waals surface area contributed by atoms with Crippen LogP contribution in [0.1, 0.15) is 33.6 Å². The lowest BCUT2D eigenvalue weighted by Gasteiger charge is -2.27. The number of anilines is 1. The van der Waals surface area contributed by atoms with Crippen molar-refractivity contribution in [3.05, 3.63) is 45.8 Å². The SMILES string of the molecule is O=C(c1ccnc(NC2CC2)c1)N1CCc2sccc2C1. The summed E-state index contributed by atoms with van der Waals surface area (Å²) in [6.07, 6.45) is 5.09. The van der Waals surface area contributed by atoms with Gasteiger partial charge in [0.2, 0.25) is 0 Å². The highest BCUT2D eigenvalue weighted by molar-refractivity contribution is 7.10. The van der Waals surface area contributed by atoms with E-state index in [0.717, 1.165) is 30.9 Å². The van der Waals surface area contributed by atoms with Crippen molar-refractivity contribution in [2.45, 2.75) is 31.8 Å². The number of thiophene rings is 1. The molecule has 1 fully saturated rings. The summed E-state index contributed by atoms with van der Waals surface area (Å²) >= 11 is 1.79. The van der Waals surface area contributed by atoms with Crippen LogP contribution in [0.2, 0.25) is 0 Å². The number of carbonyl (C=O) groups excluding carboxylic acids is 1. The minimum absolute atomic E-state index is 0.105. The molecule has 2 aromatic rings. The molecule has 2 aromatic heterocycles. The molecule has 0 bridgehead atoms. The molecule has 0 atom stereocenters. The zero-order valence-corrected chi connectivity index (χ0v) is 12.5. The van der Waals surface area contributed by atoms with Crippen LogP contribution in [0.25, 0.3) is 0 Å². The summed E-state index contributed by atoms with van der Waals surface area (Å²) in [5, 5.41) is 5.46. The Morgan fingerprint density at radius 2 is 2.29 bits per heavy atom. The molecule has 0 unspecified atom stereocenters. The second-order valence-corrected chi connectivity index (χ2v) is 6.69. The Kier molecular flexibility index (Phi) is 3.15. The Morgan fingerprint density at radius 1 is 1.38 bits per heavy atom. The van der Waals surface area contributed by atoms with E-state index in [1.54, 1.807) is 17.5 Å². The van der Waals surface area contributed by atoms with Crippen molar-refractivity contribution >= 4 is 23.1 Å². The van der Waals surface area contributed by atoms with E-state index in [4.69, 9.17) is 0 Å². The van der Waals surface area contributed by atoms with Crippen LogP contribution >= 0.6 is 11.3 Å². The molecular weight excluding hydrogens is 282 g/mol. The van der Waals surface area contributed by atoms with Gasteiger partial charge >= 0.3 is 0 Å². The van der Waals surface area contributed by atoms with E-state index in [1.807, 2.05) is 17.0 Å². The third kappa shape index (κ3) is 2.65. The van der Waals surface area contributed by atoms with Crippen molar-refractivity contribution in [1.82, 2.24) is 9.88 Å². The van der Waals surface area contributed by atoms with Gasteiger partial charge in [0.1, 0.15) is 5.82 Å². The molecule has 4 rings (SSSR count). The maximum atomic E-state index is 12.7. The van der Waals surface area contributed by atoms with Crippen LogP contribution < -0.4 is 5.32 Å². The summed E-state index contributed by atoms with van der Waals surface area (Å²) in [7, 11) is 0. The fraction of sp³-hybridized carbons (Fsp3) is 0.375. The molecule has 0 aromatic carbocycles. The minimum Gasteiger partial charge on any atom is -0.367 e. The van der Waals surface area contributed by atoms with Gasteiger partial charge in [0.05, 0.1) is 0 Å². The van der Waals surface area contributed by atoms with Gasteiger partial charge in [-0.1, -0.05) is 0 Å². The number of carbonyl (C=O) groups is 1. The number of aromatic nitrogens is 1. The molecule has 108 valence electrons. The number of amides is 1. The van der Waals surface area contributed by atoms with Gasteiger partial charge in [0.25, 0.3) is 5.91 Å². The molecule has 0 saturated heterocycles. The Hall–Kier alpha value is -1.88. The van der Waals surface area contributed by atoms with Gasteiger partial charge in [-0.15, -0.1) is 11.3 Å². The molecule has 0 spiro atoms. The molecule has 1 aliphatic carbocycles. The van der Waals surface area contributed by atoms with Gasteiger partial charge in [-0.25, -0.2) is 4.98 Å². The van der Waals surface area contributed by atoms with Crippen LogP contribution in [-0.2, 0) is 13.0 Å². The smallest absolute Gasteiger partial charge is 0.254 e. The standard InChI is InChI=1S/C16H17N3OS/c20-16(19-7-4-14-12(10-19)5-8-21-14)11-3-6-17-15(9-11)18-13-1-2-13/h3,5-6,8-9,13H,1-2,4,7,10H2,(H,17,18). The monoisotopic (exact) mass is 299 g/mol. The maximum absolute atomic E-state index is 12.7. The fourth-order valence-electron chi connectivity index (χ4n) is 2.68. The Bertz CT molecular complexity index is 678. The van der Waals surface area contributed by atoms with Crippen molar-refractivity contribution in [2.24, 2.45) is 0 Å². The zero-order valence-electron chi connectivity index (χ0n) is 11.7. The van der Waals surface area contributed by atoms with Gasteiger partial charge in [-0.3, -0.25) is 4.79 Å². The van der Waals surface area contributed by atoms with Crippen molar-refractivity contribution in [1.29, 1.82) is 0 Å². The summed E-state index contributed by atoms with van der Waals surface area (Å²) in [6.45, 7) is 1.53. The lowest BCUT2D eigenvalue weighted by molar-refractivity contribution is 0.0736. The molecule has 21 heavy (non-hydrogen) atoms. The molecule has 1 saturated carbocycles. The van der Waals surface area contributed by atoms with Gasteiger partial charge in [0.15, 0.2) is 0 Å². The Morgan fingerprint density at radius 3 is 3.14 bits per heavy atom. The Labute approximate surface area is 127 Å². The summed E-state index contributed by atoms with van der Waals surface area (Å²) in [4.78, 5) is 20.3. The largest absolute Gasteiger partial charge is 0.367 e. The van der Waals surface area contributed by atoms with E-state index in [-0.39, 0.29) is 5.91 Å². The number of hydrogen-bond donors (Lipinski definition) is 1. The predicted molar refractivity (Wildman–Crippen MR) is 83.6 cm³/mol. The van der Waals surface area contributed by atoms with Crippen molar-refractivity contribution < 1.29 is 4.79 Å². The first-order valence-electron chi connectivity index (χ1n) is 7.37. The summed E-state index contributed by atoms with van der Waals surface area (Å²) in [5.41, 5.74) is 2.02. The van der Waals surface area contributed by atoms with Crippen molar-refractivity contribution in [2.75, 3.05) is 11.9 Å². The second-order valence-electron chi connectivity index (χ2n) is 5.69. The topological polar surface area (TPSA) is 45.2 Å². The molecule has 1 N–H and O–H groups in total. The van der Waals surface area contributed by atoms with Crippen LogP contribution in [0.3, 0.4) is 0 Å². The van der Waals surface area contributed by atoms with Gasteiger partial charge < -0.3 is 10.2 Å². The second kappa shape index (κ2) is 5.15. The van der Waals surface area contributed by atoms with Crippen LogP contribution in [0.5, 0.6) is 0 Å². The quantitative estimate of drug-likeness (QED) is 0.948. The molecular formula is C16H17N3OS. The number of rotatable bonds is 3. The molecule has 0 radical (unpaired) electrons. The van der Waals surface area contributed by atoms with E-state index in [9.17, 15) is 4.79 Å². The number of nitrogens with zero attached hydrogens (tertiary/aromatic N) is 2. The Balaban J connectivity index is 1.52. The van der Waals surface area contributed by atoms with Crippen LogP contribution in [0, 0.1) is 0 Å². The first kappa shape index (κ1) is 12.8. The third-order valence-electron chi connectivity index (χ3n) is 4.03. The van der Waals surface area contributed by atoms with Gasteiger partial charge in [0, 0.05) is 35.8 Å². The van der Waals surface area contributed by atoms with E-state index < -0.39 is 0 Å². The summed E-state index contributed by atoms with van der Waals surface area (Å²) in [5.74, 6) is 0.921. The molecule has 5 heteroatoms. The summed E-state index contributed by atoms with van der Waals surface area (Å²) < 4.78 is 0. The molecule has 1 amide bonds. The number of pyridine rings is 1. The zero-order chi connectivity index (χ0) is 14.2. The number of hydrogen-bond acceptors (Lipinski definition) is 4. The first-order valence-corrected chi connectivity index (χ1v) is 8.25. The van der Waals surface area contributed by atoms with Crippen LogP contribution in [0.15, 0.2) is 29.8 Å². The van der Waals surface area contributed by atoms with Gasteiger partial charge in [-0.05, 0) is 48.4 Å². The average molecular weight is 299 g/mol. The highest BCUT2D eigenvalue weighted by Crippen LogP contribution is 2.26. The minimum atomic E-state index is 0.105. The normalized spacial score (nSPS) is 17.4. The van der Waals surface area contributed by atoms with E-state index in [2.05, 4.69) is 21.7 Å². The summed E-state index contributed by atoms with van der Waals surface area (Å²) in [6, 6.07) is 6.37. The van der Waals surface area contributed by atoms with E-state index in [1.165, 1.54) is 23.3 Å². The molecule has 4 nitrogen and oxygen atoms in total. The average Bonchev–Trinajstić information content (AvgIpc) is 3.20. The van der Waals surface area contributed by atoms with E-state index >= 15 is 0 Å². The third-order valence-corrected chi connectivity index (χ3v) is 5.05. The van der Waals surface area contributed by atoms with Gasteiger partial charge in [-0.2, -0.15) is 0 Å². The van der Waals surface area contributed by atoms with Crippen molar-refractivity contribution in [3.63, 3.8) is 0 Å². The molecule has 3 heterocycles.